The number of aromatic nitrogens is 2. The standard InChI is InChI=1S/C26H22Cl2F2N4O2S/c1-35-19-5-3-16(24(10-19)36-2)14-34(26-7-8-31-15-33-26)37-25-11-20(28)23(12-22(25)30)32-13-17-9-18(27)4-6-21(17)29/h3-12,15,32H,13-14H2,1-2H3. The molecule has 0 unspecified atom stereocenters. The van der Waals surface area contributed by atoms with Crippen molar-refractivity contribution in [2.75, 3.05) is 23.8 Å². The van der Waals surface area contributed by atoms with Gasteiger partial charge in [0.2, 0.25) is 0 Å². The maximum Gasteiger partial charge on any atom is 0.142 e. The van der Waals surface area contributed by atoms with Gasteiger partial charge in [-0.05, 0) is 60.5 Å². The lowest BCUT2D eigenvalue weighted by atomic mass is 10.2. The SMILES string of the molecule is COc1ccc(CN(Sc2cc(Cl)c(NCc3cc(Cl)ccc3F)cc2F)c2ccncn2)c(OC)c1. The van der Waals surface area contributed by atoms with Crippen molar-refractivity contribution in [3.8, 4) is 11.5 Å². The van der Waals surface area contributed by atoms with Gasteiger partial charge in [0.25, 0.3) is 0 Å². The molecular formula is C26H22Cl2F2N4O2S. The Labute approximate surface area is 227 Å². The molecule has 0 aliphatic carbocycles. The fourth-order valence-electron chi connectivity index (χ4n) is 3.45. The Morgan fingerprint density at radius 2 is 1.78 bits per heavy atom. The van der Waals surface area contributed by atoms with Crippen LogP contribution in [0, 0.1) is 11.6 Å². The molecule has 1 aromatic heterocycles. The van der Waals surface area contributed by atoms with E-state index in [4.69, 9.17) is 32.7 Å². The Morgan fingerprint density at radius 3 is 2.51 bits per heavy atom. The second-order valence-electron chi connectivity index (χ2n) is 7.73. The van der Waals surface area contributed by atoms with Gasteiger partial charge in [0.1, 0.15) is 35.3 Å². The highest BCUT2D eigenvalue weighted by Gasteiger charge is 2.18. The highest BCUT2D eigenvalue weighted by atomic mass is 35.5. The molecule has 1 N–H and O–H groups in total. The van der Waals surface area contributed by atoms with E-state index in [1.165, 1.54) is 36.7 Å². The molecule has 0 atom stereocenters. The Bertz CT molecular complexity index is 1380. The van der Waals surface area contributed by atoms with Gasteiger partial charge in [-0.25, -0.2) is 18.7 Å². The average molecular weight is 563 g/mol. The monoisotopic (exact) mass is 562 g/mol. The number of ether oxygens (including phenoxy) is 2. The number of benzene rings is 3. The number of rotatable bonds is 10. The van der Waals surface area contributed by atoms with Crippen LogP contribution in [0.4, 0.5) is 20.3 Å². The Morgan fingerprint density at radius 1 is 0.946 bits per heavy atom. The maximum absolute atomic E-state index is 15.2. The van der Waals surface area contributed by atoms with E-state index in [1.54, 1.807) is 36.9 Å². The molecule has 0 amide bonds. The number of methoxy groups -OCH3 is 2. The molecular weight excluding hydrogens is 541 g/mol. The molecule has 37 heavy (non-hydrogen) atoms. The van der Waals surface area contributed by atoms with Crippen LogP contribution in [0.15, 0.2) is 72.0 Å². The lowest BCUT2D eigenvalue weighted by Gasteiger charge is -2.24. The van der Waals surface area contributed by atoms with Crippen molar-refractivity contribution in [1.29, 1.82) is 0 Å². The summed E-state index contributed by atoms with van der Waals surface area (Å²) in [6.07, 6.45) is 3.02. The van der Waals surface area contributed by atoms with Gasteiger partial charge in [-0.15, -0.1) is 0 Å². The van der Waals surface area contributed by atoms with Crippen molar-refractivity contribution in [2.45, 2.75) is 18.0 Å². The number of nitrogens with zero attached hydrogens (tertiary/aromatic N) is 3. The van der Waals surface area contributed by atoms with Crippen LogP contribution in [0.1, 0.15) is 11.1 Å². The molecule has 0 aliphatic heterocycles. The average Bonchev–Trinajstić information content (AvgIpc) is 2.91. The molecule has 0 bridgehead atoms. The summed E-state index contributed by atoms with van der Waals surface area (Å²) in [6.45, 7) is 0.419. The predicted molar refractivity (Wildman–Crippen MR) is 144 cm³/mol. The zero-order chi connectivity index (χ0) is 26.4. The van der Waals surface area contributed by atoms with E-state index < -0.39 is 11.6 Å². The Hall–Kier alpha value is -3.27. The molecule has 4 aromatic rings. The summed E-state index contributed by atoms with van der Waals surface area (Å²) in [5, 5.41) is 3.65. The van der Waals surface area contributed by atoms with E-state index in [0.717, 1.165) is 17.5 Å². The van der Waals surface area contributed by atoms with Gasteiger partial charge in [-0.3, -0.25) is 4.31 Å². The third-order valence-electron chi connectivity index (χ3n) is 5.34. The van der Waals surface area contributed by atoms with Crippen molar-refractivity contribution in [2.24, 2.45) is 0 Å². The topological polar surface area (TPSA) is 59.5 Å². The molecule has 0 saturated heterocycles. The molecule has 192 valence electrons. The van der Waals surface area contributed by atoms with Crippen LogP contribution in [0.5, 0.6) is 11.5 Å². The van der Waals surface area contributed by atoms with E-state index in [2.05, 4.69) is 15.3 Å². The van der Waals surface area contributed by atoms with Crippen LogP contribution in [0.2, 0.25) is 10.0 Å². The highest BCUT2D eigenvalue weighted by Crippen LogP contribution is 2.37. The van der Waals surface area contributed by atoms with E-state index in [0.29, 0.717) is 40.1 Å². The zero-order valence-electron chi connectivity index (χ0n) is 19.8. The first-order valence-electron chi connectivity index (χ1n) is 11.0. The van der Waals surface area contributed by atoms with Crippen molar-refractivity contribution < 1.29 is 18.3 Å². The molecule has 0 fully saturated rings. The summed E-state index contributed by atoms with van der Waals surface area (Å²) < 4.78 is 41.9. The normalized spacial score (nSPS) is 10.8. The van der Waals surface area contributed by atoms with Gasteiger partial charge < -0.3 is 14.8 Å². The molecule has 1 heterocycles. The number of halogens is 4. The predicted octanol–water partition coefficient (Wildman–Crippen LogP) is 7.40. The Balaban J connectivity index is 1.58. The van der Waals surface area contributed by atoms with Crippen LogP contribution in [0.25, 0.3) is 0 Å². The zero-order valence-corrected chi connectivity index (χ0v) is 22.2. The lowest BCUT2D eigenvalue weighted by Crippen LogP contribution is -2.16. The van der Waals surface area contributed by atoms with Gasteiger partial charge in [0, 0.05) is 35.0 Å². The van der Waals surface area contributed by atoms with E-state index in [1.807, 2.05) is 12.1 Å². The number of hydrogen-bond acceptors (Lipinski definition) is 7. The van der Waals surface area contributed by atoms with E-state index in [9.17, 15) is 4.39 Å². The highest BCUT2D eigenvalue weighted by molar-refractivity contribution is 8.00. The van der Waals surface area contributed by atoms with Crippen molar-refractivity contribution in [1.82, 2.24) is 9.97 Å². The second-order valence-corrected chi connectivity index (χ2v) is 9.63. The van der Waals surface area contributed by atoms with Crippen molar-refractivity contribution in [3.63, 3.8) is 0 Å². The second kappa shape index (κ2) is 12.3. The summed E-state index contributed by atoms with van der Waals surface area (Å²) in [7, 11) is 3.15. The molecule has 0 saturated carbocycles. The molecule has 0 spiro atoms. The Kier molecular flexibility index (Phi) is 8.91. The first-order valence-corrected chi connectivity index (χ1v) is 12.5. The number of nitrogens with one attached hydrogen (secondary N) is 1. The maximum atomic E-state index is 15.2. The van der Waals surface area contributed by atoms with Gasteiger partial charge in [-0.1, -0.05) is 23.2 Å². The van der Waals surface area contributed by atoms with E-state index in [-0.39, 0.29) is 16.5 Å². The minimum absolute atomic E-state index is 0.0857. The molecule has 4 rings (SSSR count). The molecule has 6 nitrogen and oxygen atoms in total. The molecule has 0 radical (unpaired) electrons. The fraction of sp³-hybridized carbons (Fsp3) is 0.154. The first-order chi connectivity index (χ1) is 17.9. The van der Waals surface area contributed by atoms with Gasteiger partial charge in [-0.2, -0.15) is 0 Å². The molecule has 0 aliphatic rings. The summed E-state index contributed by atoms with van der Waals surface area (Å²) in [5.74, 6) is 0.900. The molecule has 3 aromatic carbocycles. The largest absolute Gasteiger partial charge is 0.497 e. The summed E-state index contributed by atoms with van der Waals surface area (Å²) in [5.41, 5.74) is 1.50. The van der Waals surface area contributed by atoms with Gasteiger partial charge in [0.15, 0.2) is 0 Å². The van der Waals surface area contributed by atoms with Crippen LogP contribution >= 0.6 is 35.1 Å². The summed E-state index contributed by atoms with van der Waals surface area (Å²) in [6, 6.07) is 14.2. The quantitative estimate of drug-likeness (QED) is 0.202. The third kappa shape index (κ3) is 6.74. The van der Waals surface area contributed by atoms with Crippen molar-refractivity contribution >= 4 is 46.7 Å². The fourth-order valence-corrected chi connectivity index (χ4v) is 4.90. The van der Waals surface area contributed by atoms with Crippen molar-refractivity contribution in [3.05, 3.63) is 99.9 Å². The number of anilines is 2. The van der Waals surface area contributed by atoms with Crippen LogP contribution in [-0.4, -0.2) is 24.2 Å². The minimum Gasteiger partial charge on any atom is -0.497 e. The lowest BCUT2D eigenvalue weighted by molar-refractivity contribution is 0.391. The molecule has 11 heteroatoms. The minimum atomic E-state index is -0.510. The smallest absolute Gasteiger partial charge is 0.142 e. The summed E-state index contributed by atoms with van der Waals surface area (Å²) >= 11 is 13.6. The first kappa shape index (κ1) is 26.8. The van der Waals surface area contributed by atoms with Crippen LogP contribution in [-0.2, 0) is 13.1 Å². The number of hydrogen-bond donors (Lipinski definition) is 1. The van der Waals surface area contributed by atoms with Gasteiger partial charge in [0.05, 0.1) is 36.4 Å². The third-order valence-corrected chi connectivity index (χ3v) is 6.93. The van der Waals surface area contributed by atoms with Crippen LogP contribution < -0.4 is 19.1 Å². The summed E-state index contributed by atoms with van der Waals surface area (Å²) in [4.78, 5) is 8.57. The van der Waals surface area contributed by atoms with E-state index >= 15 is 4.39 Å². The van der Waals surface area contributed by atoms with Crippen LogP contribution in [0.3, 0.4) is 0 Å². The van der Waals surface area contributed by atoms with Gasteiger partial charge >= 0.3 is 0 Å².